The van der Waals surface area contributed by atoms with Crippen LogP contribution < -0.4 is 10.9 Å². The highest BCUT2D eigenvalue weighted by Gasteiger charge is 2.21. The molecule has 4 aromatic rings. The molecule has 1 N–H and O–H groups in total. The third-order valence-corrected chi connectivity index (χ3v) is 5.51. The molecule has 0 saturated heterocycles. The number of anilines is 1. The van der Waals surface area contributed by atoms with Crippen LogP contribution in [0.25, 0.3) is 11.0 Å². The van der Waals surface area contributed by atoms with E-state index >= 15 is 0 Å². The molecule has 0 atom stereocenters. The van der Waals surface area contributed by atoms with Gasteiger partial charge in [0, 0.05) is 25.0 Å². The van der Waals surface area contributed by atoms with Gasteiger partial charge in [0.15, 0.2) is 5.65 Å². The molecule has 1 aliphatic carbocycles. The summed E-state index contributed by atoms with van der Waals surface area (Å²) < 4.78 is 3.49. The number of hydrogen-bond acceptors (Lipinski definition) is 5. The van der Waals surface area contributed by atoms with Gasteiger partial charge in [-0.1, -0.05) is 35.9 Å². The van der Waals surface area contributed by atoms with Crippen LogP contribution in [0.5, 0.6) is 0 Å². The van der Waals surface area contributed by atoms with E-state index in [4.69, 9.17) is 11.6 Å². The Morgan fingerprint density at radius 1 is 1.00 bits per heavy atom. The SMILES string of the molecule is O=c1ccc(Cl)cn1Cc1ccc(Cn2cc3c(NCC4CC4)ncnc3n2)cc1. The average Bonchev–Trinajstić information content (AvgIpc) is 3.48. The zero-order chi connectivity index (χ0) is 20.5. The van der Waals surface area contributed by atoms with Crippen molar-refractivity contribution >= 4 is 28.5 Å². The van der Waals surface area contributed by atoms with Gasteiger partial charge in [-0.3, -0.25) is 9.48 Å². The second-order valence-corrected chi connectivity index (χ2v) is 8.18. The molecule has 7 nitrogen and oxygen atoms in total. The maximum Gasteiger partial charge on any atom is 0.250 e. The first-order valence-corrected chi connectivity index (χ1v) is 10.4. The second-order valence-electron chi connectivity index (χ2n) is 7.74. The lowest BCUT2D eigenvalue weighted by Crippen LogP contribution is -2.18. The molecule has 0 unspecified atom stereocenters. The summed E-state index contributed by atoms with van der Waals surface area (Å²) >= 11 is 6.00. The molecule has 0 spiro atoms. The fourth-order valence-corrected chi connectivity index (χ4v) is 3.61. The lowest BCUT2D eigenvalue weighted by molar-refractivity contribution is 0.692. The maximum atomic E-state index is 12.0. The van der Waals surface area contributed by atoms with E-state index in [1.165, 1.54) is 18.9 Å². The third kappa shape index (κ3) is 4.21. The quantitative estimate of drug-likeness (QED) is 0.494. The van der Waals surface area contributed by atoms with Gasteiger partial charge in [0.1, 0.15) is 12.1 Å². The number of nitrogens with zero attached hydrogens (tertiary/aromatic N) is 5. The highest BCUT2D eigenvalue weighted by atomic mass is 35.5. The zero-order valence-corrected chi connectivity index (χ0v) is 17.1. The van der Waals surface area contributed by atoms with Crippen molar-refractivity contribution < 1.29 is 0 Å². The van der Waals surface area contributed by atoms with Crippen molar-refractivity contribution in [3.05, 3.63) is 81.6 Å². The normalized spacial score (nSPS) is 13.6. The minimum atomic E-state index is -0.0704. The molecule has 0 bridgehead atoms. The van der Waals surface area contributed by atoms with Crippen LogP contribution in [0.15, 0.2) is 59.9 Å². The largest absolute Gasteiger partial charge is 0.369 e. The lowest BCUT2D eigenvalue weighted by Gasteiger charge is -2.07. The minimum Gasteiger partial charge on any atom is -0.369 e. The van der Waals surface area contributed by atoms with Crippen LogP contribution in [0.4, 0.5) is 5.82 Å². The number of rotatable bonds is 7. The van der Waals surface area contributed by atoms with E-state index in [-0.39, 0.29) is 5.56 Å². The highest BCUT2D eigenvalue weighted by Crippen LogP contribution is 2.29. The second kappa shape index (κ2) is 7.91. The molecule has 3 heterocycles. The van der Waals surface area contributed by atoms with Gasteiger partial charge in [-0.25, -0.2) is 9.97 Å². The van der Waals surface area contributed by atoms with Crippen molar-refractivity contribution in [2.75, 3.05) is 11.9 Å². The Morgan fingerprint density at radius 2 is 1.77 bits per heavy atom. The number of pyridine rings is 1. The third-order valence-electron chi connectivity index (χ3n) is 5.29. The van der Waals surface area contributed by atoms with Crippen LogP contribution in [-0.2, 0) is 13.1 Å². The Balaban J connectivity index is 1.30. The van der Waals surface area contributed by atoms with Crippen molar-refractivity contribution in [3.8, 4) is 0 Å². The van der Waals surface area contributed by atoms with Crippen molar-refractivity contribution in [1.29, 1.82) is 0 Å². The molecule has 5 rings (SSSR count). The topological polar surface area (TPSA) is 77.6 Å². The van der Waals surface area contributed by atoms with E-state index in [2.05, 4.69) is 32.5 Å². The predicted octanol–water partition coefficient (Wildman–Crippen LogP) is 3.56. The van der Waals surface area contributed by atoms with Gasteiger partial charge in [-0.2, -0.15) is 5.10 Å². The lowest BCUT2D eigenvalue weighted by atomic mass is 10.1. The number of hydrogen-bond donors (Lipinski definition) is 1. The predicted molar refractivity (Wildman–Crippen MR) is 117 cm³/mol. The zero-order valence-electron chi connectivity index (χ0n) is 16.3. The molecule has 3 aromatic heterocycles. The molecule has 1 saturated carbocycles. The Kier molecular flexibility index (Phi) is 4.96. The van der Waals surface area contributed by atoms with E-state index in [0.717, 1.165) is 34.8 Å². The van der Waals surface area contributed by atoms with Gasteiger partial charge < -0.3 is 9.88 Å². The minimum absolute atomic E-state index is 0.0704. The van der Waals surface area contributed by atoms with Crippen molar-refractivity contribution in [1.82, 2.24) is 24.3 Å². The van der Waals surface area contributed by atoms with Crippen LogP contribution in [0.3, 0.4) is 0 Å². The number of nitrogens with one attached hydrogen (secondary N) is 1. The van der Waals surface area contributed by atoms with Crippen molar-refractivity contribution in [3.63, 3.8) is 0 Å². The Labute approximate surface area is 178 Å². The number of benzene rings is 1. The van der Waals surface area contributed by atoms with Crippen LogP contribution in [0.2, 0.25) is 5.02 Å². The van der Waals surface area contributed by atoms with Crippen LogP contribution in [0, 0.1) is 5.92 Å². The van der Waals surface area contributed by atoms with Gasteiger partial charge in [0.2, 0.25) is 0 Å². The summed E-state index contributed by atoms with van der Waals surface area (Å²) in [6.07, 6.45) is 7.79. The smallest absolute Gasteiger partial charge is 0.250 e. The van der Waals surface area contributed by atoms with Gasteiger partial charge in [-0.15, -0.1) is 0 Å². The molecule has 0 aliphatic heterocycles. The number of halogens is 1. The number of fused-ring (bicyclic) bond motifs is 1. The molecule has 0 amide bonds. The summed E-state index contributed by atoms with van der Waals surface area (Å²) in [6, 6.07) is 11.2. The first kappa shape index (κ1) is 18.8. The summed E-state index contributed by atoms with van der Waals surface area (Å²) in [7, 11) is 0. The Bertz CT molecular complexity index is 1240. The molecule has 8 heteroatoms. The summed E-state index contributed by atoms with van der Waals surface area (Å²) in [6.45, 7) is 2.07. The van der Waals surface area contributed by atoms with Crippen molar-refractivity contribution in [2.24, 2.45) is 5.92 Å². The monoisotopic (exact) mass is 420 g/mol. The Morgan fingerprint density at radius 3 is 2.53 bits per heavy atom. The average molecular weight is 421 g/mol. The molecule has 30 heavy (non-hydrogen) atoms. The summed E-state index contributed by atoms with van der Waals surface area (Å²) in [5, 5.41) is 9.50. The summed E-state index contributed by atoms with van der Waals surface area (Å²) in [5.41, 5.74) is 2.77. The summed E-state index contributed by atoms with van der Waals surface area (Å²) in [4.78, 5) is 20.6. The van der Waals surface area contributed by atoms with E-state index < -0.39 is 0 Å². The Hall–Kier alpha value is -3.19. The van der Waals surface area contributed by atoms with Crippen LogP contribution >= 0.6 is 11.6 Å². The fraction of sp³-hybridized carbons (Fsp3) is 0.273. The molecule has 152 valence electrons. The molecule has 1 aliphatic rings. The molecular weight excluding hydrogens is 400 g/mol. The molecule has 0 radical (unpaired) electrons. The van der Waals surface area contributed by atoms with Gasteiger partial charge in [0.05, 0.1) is 23.5 Å². The first-order valence-electron chi connectivity index (χ1n) is 10.00. The van der Waals surface area contributed by atoms with Crippen molar-refractivity contribution in [2.45, 2.75) is 25.9 Å². The van der Waals surface area contributed by atoms with Crippen LogP contribution in [0.1, 0.15) is 24.0 Å². The van der Waals surface area contributed by atoms with E-state index in [1.807, 2.05) is 23.0 Å². The molecule has 1 aromatic carbocycles. The maximum absolute atomic E-state index is 12.0. The van der Waals surface area contributed by atoms with E-state index in [0.29, 0.717) is 23.8 Å². The van der Waals surface area contributed by atoms with E-state index in [1.54, 1.807) is 23.2 Å². The fourth-order valence-electron chi connectivity index (χ4n) is 3.43. The van der Waals surface area contributed by atoms with Crippen LogP contribution in [-0.4, -0.2) is 30.9 Å². The molecule has 1 fully saturated rings. The molecular formula is C22H21ClN6O. The standard InChI is InChI=1S/C22H21ClN6O/c23-18-7-8-20(30)28(12-18)10-16-3-5-17(6-4-16)11-29-13-19-21(24-9-15-1-2-15)25-14-26-22(19)27-29/h3-8,12-15H,1-2,9-11H2,(H,24,25,26,27). The highest BCUT2D eigenvalue weighted by molar-refractivity contribution is 6.30. The van der Waals surface area contributed by atoms with Gasteiger partial charge >= 0.3 is 0 Å². The number of aromatic nitrogens is 5. The van der Waals surface area contributed by atoms with E-state index in [9.17, 15) is 4.79 Å². The first-order chi connectivity index (χ1) is 14.6. The summed E-state index contributed by atoms with van der Waals surface area (Å²) in [5.74, 6) is 1.62. The van der Waals surface area contributed by atoms with Gasteiger partial charge in [0.25, 0.3) is 5.56 Å². The van der Waals surface area contributed by atoms with Gasteiger partial charge in [-0.05, 0) is 36.0 Å².